The van der Waals surface area contributed by atoms with Crippen molar-refractivity contribution in [2.24, 2.45) is 5.92 Å². The van der Waals surface area contributed by atoms with Crippen molar-refractivity contribution in [3.8, 4) is 0 Å². The highest BCUT2D eigenvalue weighted by Gasteiger charge is 2.42. The first-order valence-electron chi connectivity index (χ1n) is 3.73. The number of piperidine rings is 1. The van der Waals surface area contributed by atoms with Crippen molar-refractivity contribution in [3.63, 3.8) is 0 Å². The molecule has 2 rings (SSSR count). The maximum Gasteiger partial charge on any atom is 0.0207 e. The Bertz CT molecular complexity index is 108. The second-order valence-electron chi connectivity index (χ2n) is 3.31. The van der Waals surface area contributed by atoms with Crippen LogP contribution in [0.3, 0.4) is 0 Å². The predicted octanol–water partition coefficient (Wildman–Crippen LogP) is 2.21. The molecular formula is C7H12IN. The molecule has 2 bridgehead atoms. The second-order valence-corrected chi connectivity index (χ2v) is 4.43. The number of rotatable bonds is 0. The summed E-state index contributed by atoms with van der Waals surface area (Å²) in [6.07, 6.45) is 4.42. The number of nitrogens with zero attached hydrogens (tertiary/aromatic N) is 1. The molecule has 1 aliphatic heterocycles. The van der Waals surface area contributed by atoms with E-state index in [4.69, 9.17) is 0 Å². The average Bonchev–Trinajstić information content (AvgIpc) is 2.37. The van der Waals surface area contributed by atoms with E-state index in [1.807, 2.05) is 0 Å². The first-order chi connectivity index (χ1) is 4.29. The van der Waals surface area contributed by atoms with E-state index in [0.29, 0.717) is 0 Å². The van der Waals surface area contributed by atoms with Crippen molar-refractivity contribution in [3.05, 3.63) is 0 Å². The van der Waals surface area contributed by atoms with Gasteiger partial charge in [0.2, 0.25) is 0 Å². The molecule has 1 aliphatic carbocycles. The molecule has 52 valence electrons. The third-order valence-corrected chi connectivity index (χ3v) is 4.53. The maximum absolute atomic E-state index is 2.52. The van der Waals surface area contributed by atoms with Crippen molar-refractivity contribution in [2.75, 3.05) is 0 Å². The number of halogens is 1. The summed E-state index contributed by atoms with van der Waals surface area (Å²) in [5.41, 5.74) is 0. The Kier molecular flexibility index (Phi) is 1.49. The van der Waals surface area contributed by atoms with Gasteiger partial charge in [-0.05, 0) is 32.1 Å². The minimum atomic E-state index is 0.865. The Morgan fingerprint density at radius 1 is 1.44 bits per heavy atom. The van der Waals surface area contributed by atoms with Gasteiger partial charge in [0.25, 0.3) is 0 Å². The summed E-state index contributed by atoms with van der Waals surface area (Å²) >= 11 is 2.48. The SMILES string of the molecule is CC1[C@H]2CC[C@@H](C2)N1I. The van der Waals surface area contributed by atoms with Gasteiger partial charge in [-0.1, -0.05) is 0 Å². The van der Waals surface area contributed by atoms with E-state index in [2.05, 4.69) is 32.9 Å². The van der Waals surface area contributed by atoms with Crippen LogP contribution >= 0.6 is 22.9 Å². The highest BCUT2D eigenvalue weighted by atomic mass is 127. The van der Waals surface area contributed by atoms with Crippen molar-refractivity contribution in [1.29, 1.82) is 0 Å². The Hall–Kier alpha value is 0.690. The summed E-state index contributed by atoms with van der Waals surface area (Å²) in [6.45, 7) is 2.36. The standard InChI is InChI=1S/C7H12IN/c1-5-6-2-3-7(4-6)9(5)8/h5-7H,2-4H2,1H3/t5?,6-,7-/m0/s1. The fourth-order valence-corrected chi connectivity index (χ4v) is 3.15. The average molecular weight is 237 g/mol. The molecule has 2 fully saturated rings. The molecule has 1 saturated carbocycles. The minimum absolute atomic E-state index is 0.865. The highest BCUT2D eigenvalue weighted by Crippen LogP contribution is 2.43. The third-order valence-electron chi connectivity index (χ3n) is 2.87. The van der Waals surface area contributed by atoms with Gasteiger partial charge in [0.1, 0.15) is 0 Å². The van der Waals surface area contributed by atoms with Crippen LogP contribution in [0.5, 0.6) is 0 Å². The fraction of sp³-hybridized carbons (Fsp3) is 1.00. The van der Waals surface area contributed by atoms with Crippen LogP contribution < -0.4 is 0 Å². The molecule has 2 aliphatic rings. The number of hydrogen-bond acceptors (Lipinski definition) is 1. The molecule has 0 amide bonds. The van der Waals surface area contributed by atoms with Crippen LogP contribution in [0.15, 0.2) is 0 Å². The van der Waals surface area contributed by atoms with Gasteiger partial charge in [-0.3, -0.25) is 0 Å². The van der Waals surface area contributed by atoms with Crippen LogP contribution in [0.1, 0.15) is 26.2 Å². The maximum atomic E-state index is 2.52. The van der Waals surface area contributed by atoms with E-state index < -0.39 is 0 Å². The topological polar surface area (TPSA) is 3.24 Å². The van der Waals surface area contributed by atoms with E-state index in [-0.39, 0.29) is 0 Å². The zero-order chi connectivity index (χ0) is 6.43. The molecule has 0 N–H and O–H groups in total. The lowest BCUT2D eigenvalue weighted by Gasteiger charge is -2.26. The molecule has 1 saturated heterocycles. The predicted molar refractivity (Wildman–Crippen MR) is 46.5 cm³/mol. The molecule has 0 spiro atoms. The van der Waals surface area contributed by atoms with Crippen LogP contribution in [0.4, 0.5) is 0 Å². The lowest BCUT2D eigenvalue weighted by molar-refractivity contribution is 0.305. The zero-order valence-corrected chi connectivity index (χ0v) is 7.84. The van der Waals surface area contributed by atoms with E-state index >= 15 is 0 Å². The highest BCUT2D eigenvalue weighted by molar-refractivity contribution is 14.1. The molecule has 9 heavy (non-hydrogen) atoms. The first-order valence-corrected chi connectivity index (χ1v) is 4.69. The van der Waals surface area contributed by atoms with Crippen molar-refractivity contribution >= 4 is 22.9 Å². The van der Waals surface area contributed by atoms with Gasteiger partial charge in [0.15, 0.2) is 0 Å². The molecule has 0 radical (unpaired) electrons. The molecule has 1 nitrogen and oxygen atoms in total. The molecule has 3 atom stereocenters. The summed E-state index contributed by atoms with van der Waals surface area (Å²) in [4.78, 5) is 0. The smallest absolute Gasteiger partial charge is 0.0207 e. The fourth-order valence-electron chi connectivity index (χ4n) is 2.19. The molecule has 0 aromatic carbocycles. The van der Waals surface area contributed by atoms with Gasteiger partial charge in [-0.2, -0.15) is 0 Å². The second kappa shape index (κ2) is 2.09. The summed E-state index contributed by atoms with van der Waals surface area (Å²) in [5, 5.41) is 0. The summed E-state index contributed by atoms with van der Waals surface area (Å²) in [6, 6.07) is 1.80. The molecule has 1 unspecified atom stereocenters. The molecular weight excluding hydrogens is 225 g/mol. The summed E-state index contributed by atoms with van der Waals surface area (Å²) in [5.74, 6) is 1.03. The summed E-state index contributed by atoms with van der Waals surface area (Å²) < 4.78 is 2.52. The van der Waals surface area contributed by atoms with Crippen LogP contribution in [0.25, 0.3) is 0 Å². The van der Waals surface area contributed by atoms with Crippen LogP contribution in [0.2, 0.25) is 0 Å². The zero-order valence-electron chi connectivity index (χ0n) is 5.68. The minimum Gasteiger partial charge on any atom is -0.241 e. The number of fused-ring (bicyclic) bond motifs is 2. The van der Waals surface area contributed by atoms with Gasteiger partial charge < -0.3 is 0 Å². The van der Waals surface area contributed by atoms with Gasteiger partial charge in [-0.25, -0.2) is 3.11 Å². The van der Waals surface area contributed by atoms with Crippen LogP contribution in [-0.4, -0.2) is 15.2 Å². The molecule has 0 aromatic heterocycles. The van der Waals surface area contributed by atoms with Gasteiger partial charge in [0.05, 0.1) is 0 Å². The van der Waals surface area contributed by atoms with E-state index in [9.17, 15) is 0 Å². The van der Waals surface area contributed by atoms with Gasteiger partial charge in [0, 0.05) is 34.9 Å². The van der Waals surface area contributed by atoms with Crippen molar-refractivity contribution in [1.82, 2.24) is 3.11 Å². The van der Waals surface area contributed by atoms with E-state index in [1.165, 1.54) is 19.3 Å². The first kappa shape index (κ1) is 6.40. The third kappa shape index (κ3) is 0.827. The van der Waals surface area contributed by atoms with E-state index in [0.717, 1.165) is 18.0 Å². The lowest BCUT2D eigenvalue weighted by Crippen LogP contribution is -2.30. The normalized spacial score (nSPS) is 50.7. The summed E-state index contributed by atoms with van der Waals surface area (Å²) in [7, 11) is 0. The van der Waals surface area contributed by atoms with E-state index in [1.54, 1.807) is 0 Å². The Morgan fingerprint density at radius 3 is 2.56 bits per heavy atom. The van der Waals surface area contributed by atoms with Crippen LogP contribution in [0, 0.1) is 5.92 Å². The quantitative estimate of drug-likeness (QED) is 0.461. The van der Waals surface area contributed by atoms with Gasteiger partial charge >= 0.3 is 0 Å². The Balaban J connectivity index is 2.15. The molecule has 0 aromatic rings. The van der Waals surface area contributed by atoms with Crippen LogP contribution in [-0.2, 0) is 0 Å². The van der Waals surface area contributed by atoms with Gasteiger partial charge in [-0.15, -0.1) is 0 Å². The van der Waals surface area contributed by atoms with Crippen molar-refractivity contribution in [2.45, 2.75) is 38.3 Å². The molecule has 1 heterocycles. The monoisotopic (exact) mass is 237 g/mol. The Labute approximate surface area is 70.3 Å². The lowest BCUT2D eigenvalue weighted by atomic mass is 10.0. The van der Waals surface area contributed by atoms with Crippen molar-refractivity contribution < 1.29 is 0 Å². The largest absolute Gasteiger partial charge is 0.241 e. The Morgan fingerprint density at radius 2 is 2.22 bits per heavy atom. The molecule has 2 heteroatoms. The number of hydrogen-bond donors (Lipinski definition) is 0.